The topological polar surface area (TPSA) is 54.4 Å². The normalized spacial score (nSPS) is 12.1. The van der Waals surface area contributed by atoms with Crippen LogP contribution < -0.4 is 0 Å². The van der Waals surface area contributed by atoms with Crippen molar-refractivity contribution in [2.24, 2.45) is 0 Å². The minimum Gasteiger partial charge on any atom is -0.507 e. The Kier molecular flexibility index (Phi) is 2.90. The lowest BCUT2D eigenvalue weighted by atomic mass is 10.2. The molecule has 0 aliphatic carbocycles. The second-order valence-corrected chi connectivity index (χ2v) is 7.10. The molecule has 0 saturated carbocycles. The summed E-state index contributed by atoms with van der Waals surface area (Å²) in [6.45, 7) is 1.64. The second kappa shape index (κ2) is 4.07. The third-order valence-electron chi connectivity index (χ3n) is 2.39. The van der Waals surface area contributed by atoms with E-state index in [1.165, 1.54) is 11.3 Å². The number of thiophene rings is 1. The minimum atomic E-state index is -3.00. The summed E-state index contributed by atoms with van der Waals surface area (Å²) in [7, 11) is -3.00. The molecule has 1 heterocycles. The van der Waals surface area contributed by atoms with E-state index in [0.29, 0.717) is 0 Å². The predicted octanol–water partition coefficient (Wildman–Crippen LogP) is 2.54. The van der Waals surface area contributed by atoms with Gasteiger partial charge in [-0.3, -0.25) is 0 Å². The van der Waals surface area contributed by atoms with Crippen molar-refractivity contribution in [3.05, 3.63) is 29.1 Å². The molecule has 0 radical (unpaired) electrons. The highest BCUT2D eigenvalue weighted by Crippen LogP contribution is 2.32. The average Bonchev–Trinajstić information content (AvgIpc) is 2.61. The van der Waals surface area contributed by atoms with Crippen molar-refractivity contribution in [2.75, 3.05) is 5.75 Å². The number of hydrogen-bond acceptors (Lipinski definition) is 4. The van der Waals surface area contributed by atoms with Gasteiger partial charge in [0.1, 0.15) is 5.75 Å². The van der Waals surface area contributed by atoms with Gasteiger partial charge in [-0.2, -0.15) is 0 Å². The Morgan fingerprint density at radius 1 is 1.38 bits per heavy atom. The number of rotatable bonds is 3. The van der Waals surface area contributed by atoms with Gasteiger partial charge in [0, 0.05) is 20.7 Å². The molecule has 2 rings (SSSR count). The summed E-state index contributed by atoms with van der Waals surface area (Å²) in [5.74, 6) is 0.407. The lowest BCUT2D eigenvalue weighted by molar-refractivity contribution is 0.482. The van der Waals surface area contributed by atoms with E-state index in [-0.39, 0.29) is 17.3 Å². The van der Waals surface area contributed by atoms with Gasteiger partial charge in [0.25, 0.3) is 0 Å². The van der Waals surface area contributed by atoms with Crippen LogP contribution >= 0.6 is 11.3 Å². The number of benzene rings is 1. The minimum absolute atomic E-state index is 0.0578. The van der Waals surface area contributed by atoms with Crippen LogP contribution in [0, 0.1) is 0 Å². The zero-order chi connectivity index (χ0) is 11.8. The largest absolute Gasteiger partial charge is 0.507 e. The summed E-state index contributed by atoms with van der Waals surface area (Å²) in [4.78, 5) is 0.776. The fourth-order valence-electron chi connectivity index (χ4n) is 1.49. The molecule has 1 aromatic carbocycles. The van der Waals surface area contributed by atoms with Crippen LogP contribution in [0.25, 0.3) is 10.1 Å². The Morgan fingerprint density at radius 2 is 2.12 bits per heavy atom. The van der Waals surface area contributed by atoms with Crippen LogP contribution in [0.15, 0.2) is 24.3 Å². The monoisotopic (exact) mass is 256 g/mol. The third-order valence-corrected chi connectivity index (χ3v) is 5.30. The van der Waals surface area contributed by atoms with E-state index in [2.05, 4.69) is 0 Å². The number of sulfone groups is 1. The van der Waals surface area contributed by atoms with E-state index in [1.54, 1.807) is 25.1 Å². The highest BCUT2D eigenvalue weighted by atomic mass is 32.2. The van der Waals surface area contributed by atoms with Gasteiger partial charge in [-0.05, 0) is 18.2 Å². The van der Waals surface area contributed by atoms with E-state index < -0.39 is 9.84 Å². The van der Waals surface area contributed by atoms with Crippen LogP contribution in [0.3, 0.4) is 0 Å². The highest BCUT2D eigenvalue weighted by Gasteiger charge is 2.12. The Hall–Kier alpha value is -1.07. The van der Waals surface area contributed by atoms with Gasteiger partial charge in [0.15, 0.2) is 9.84 Å². The summed E-state index contributed by atoms with van der Waals surface area (Å²) in [6, 6.07) is 6.99. The van der Waals surface area contributed by atoms with Gasteiger partial charge >= 0.3 is 0 Å². The van der Waals surface area contributed by atoms with Crippen molar-refractivity contribution in [2.45, 2.75) is 12.7 Å². The first-order valence-corrected chi connectivity index (χ1v) is 7.56. The molecule has 0 aliphatic heterocycles. The smallest absolute Gasteiger partial charge is 0.154 e. The molecule has 16 heavy (non-hydrogen) atoms. The lowest BCUT2D eigenvalue weighted by Gasteiger charge is -1.96. The summed E-state index contributed by atoms with van der Waals surface area (Å²) >= 11 is 1.41. The highest BCUT2D eigenvalue weighted by molar-refractivity contribution is 7.90. The summed E-state index contributed by atoms with van der Waals surface area (Å²) in [6.07, 6.45) is 0. The molecule has 1 aromatic heterocycles. The van der Waals surface area contributed by atoms with Crippen molar-refractivity contribution in [1.82, 2.24) is 0 Å². The van der Waals surface area contributed by atoms with Crippen LogP contribution in [0.4, 0.5) is 0 Å². The van der Waals surface area contributed by atoms with Gasteiger partial charge in [-0.15, -0.1) is 11.3 Å². The number of fused-ring (bicyclic) bond motifs is 1. The molecule has 1 N–H and O–H groups in total. The molecule has 0 bridgehead atoms. The van der Waals surface area contributed by atoms with Gasteiger partial charge in [-0.1, -0.05) is 13.0 Å². The molecule has 0 spiro atoms. The predicted molar refractivity (Wildman–Crippen MR) is 66.7 cm³/mol. The molecule has 2 aromatic rings. The number of aromatic hydroxyl groups is 1. The third kappa shape index (κ3) is 2.20. The molecule has 0 atom stereocenters. The van der Waals surface area contributed by atoms with Crippen molar-refractivity contribution in [1.29, 1.82) is 0 Å². The zero-order valence-corrected chi connectivity index (χ0v) is 10.4. The summed E-state index contributed by atoms with van der Waals surface area (Å²) < 4.78 is 23.9. The first kappa shape index (κ1) is 11.4. The number of hydrogen-bond donors (Lipinski definition) is 1. The molecule has 0 amide bonds. The second-order valence-electron chi connectivity index (χ2n) is 3.58. The van der Waals surface area contributed by atoms with Gasteiger partial charge in [0.2, 0.25) is 0 Å². The maximum atomic E-state index is 11.5. The Balaban J connectivity index is 2.45. The number of phenolic OH excluding ortho intramolecular Hbond substituents is 1. The Morgan fingerprint density at radius 3 is 2.75 bits per heavy atom. The van der Waals surface area contributed by atoms with Crippen molar-refractivity contribution in [3.63, 3.8) is 0 Å². The van der Waals surface area contributed by atoms with Crippen molar-refractivity contribution in [3.8, 4) is 5.75 Å². The summed E-state index contributed by atoms with van der Waals surface area (Å²) in [5.41, 5.74) is 0. The maximum Gasteiger partial charge on any atom is 0.154 e. The molecule has 0 saturated heterocycles. The van der Waals surface area contributed by atoms with Crippen LogP contribution in [0.5, 0.6) is 5.75 Å². The summed E-state index contributed by atoms with van der Waals surface area (Å²) in [5, 5.41) is 10.3. The quantitative estimate of drug-likeness (QED) is 0.918. The van der Waals surface area contributed by atoms with Crippen molar-refractivity contribution >= 4 is 31.3 Å². The zero-order valence-electron chi connectivity index (χ0n) is 8.80. The van der Waals surface area contributed by atoms with Crippen LogP contribution in [-0.2, 0) is 15.6 Å². The molecular weight excluding hydrogens is 244 g/mol. The van der Waals surface area contributed by atoms with Gasteiger partial charge in [-0.25, -0.2) is 8.42 Å². The molecule has 0 aliphatic rings. The molecule has 5 heteroatoms. The number of phenols is 1. The van der Waals surface area contributed by atoms with E-state index in [4.69, 9.17) is 0 Å². The van der Waals surface area contributed by atoms with E-state index >= 15 is 0 Å². The molecule has 86 valence electrons. The SMILES string of the molecule is CCS(=O)(=O)Cc1cc2c(O)cccc2s1. The van der Waals surface area contributed by atoms with E-state index in [1.807, 2.05) is 6.07 Å². The first-order chi connectivity index (χ1) is 7.52. The van der Waals surface area contributed by atoms with E-state index in [9.17, 15) is 13.5 Å². The first-order valence-electron chi connectivity index (χ1n) is 4.92. The lowest BCUT2D eigenvalue weighted by Crippen LogP contribution is -2.04. The van der Waals surface area contributed by atoms with E-state index in [0.717, 1.165) is 15.0 Å². The molecular formula is C11H12O3S2. The van der Waals surface area contributed by atoms with Crippen LogP contribution in [0.1, 0.15) is 11.8 Å². The van der Waals surface area contributed by atoms with Crippen molar-refractivity contribution < 1.29 is 13.5 Å². The fraction of sp³-hybridized carbons (Fsp3) is 0.273. The fourth-order valence-corrected chi connectivity index (χ4v) is 3.86. The molecule has 0 unspecified atom stereocenters. The van der Waals surface area contributed by atoms with Gasteiger partial charge in [0.05, 0.1) is 5.75 Å². The average molecular weight is 256 g/mol. The van der Waals surface area contributed by atoms with Gasteiger partial charge < -0.3 is 5.11 Å². The van der Waals surface area contributed by atoms with Crippen LogP contribution in [-0.4, -0.2) is 19.3 Å². The van der Waals surface area contributed by atoms with Crippen LogP contribution in [0.2, 0.25) is 0 Å². The standard InChI is InChI=1S/C11H12O3S2/c1-2-16(13,14)7-8-6-9-10(12)4-3-5-11(9)15-8/h3-6,12H,2,7H2,1H3. The molecule has 0 fully saturated rings. The Bertz CT molecular complexity index is 611. The maximum absolute atomic E-state index is 11.5. The Labute approximate surface area is 98.3 Å². The molecule has 3 nitrogen and oxygen atoms in total.